The molecular weight excluding hydrogens is 672 g/mol. The monoisotopic (exact) mass is 712 g/mol. The van der Waals surface area contributed by atoms with Crippen LogP contribution >= 0.6 is 0 Å². The number of amides is 4. The van der Waals surface area contributed by atoms with Gasteiger partial charge in [0, 0.05) is 24.2 Å². The number of aromatic amines is 1. The van der Waals surface area contributed by atoms with Gasteiger partial charge in [0.1, 0.15) is 0 Å². The van der Waals surface area contributed by atoms with Crippen LogP contribution in [0, 0.1) is 0 Å². The number of aliphatic hydroxyl groups excluding tert-OH is 2. The fourth-order valence-corrected chi connectivity index (χ4v) is 6.89. The summed E-state index contributed by atoms with van der Waals surface area (Å²) in [5, 5.41) is 26.2. The summed E-state index contributed by atoms with van der Waals surface area (Å²) >= 11 is 0. The van der Waals surface area contributed by atoms with E-state index in [0.717, 1.165) is 22.3 Å². The molecule has 5 N–H and O–H groups in total. The average molecular weight is 713 g/mol. The molecule has 4 amide bonds. The average Bonchev–Trinajstić information content (AvgIpc) is 3.95. The number of hydrogen-bond acceptors (Lipinski definition) is 9. The van der Waals surface area contributed by atoms with Crippen LogP contribution in [0.4, 0.5) is 11.4 Å². The van der Waals surface area contributed by atoms with Crippen molar-refractivity contribution in [1.82, 2.24) is 20.6 Å². The predicted octanol–water partition coefficient (Wildman–Crippen LogP) is 3.39. The highest BCUT2D eigenvalue weighted by molar-refractivity contribution is 6.18. The Morgan fingerprint density at radius 3 is 1.45 bits per heavy atom. The summed E-state index contributed by atoms with van der Waals surface area (Å²) in [6.07, 6.45) is 0.737. The zero-order valence-electron chi connectivity index (χ0n) is 28.9. The standard InChI is InChI=1S/C41H40N6O6/c48-32-21-34(42-23-32)40(52)46(36(50)19-26-7-3-1-4-8-26)30-15-11-28(12-16-30)38-39(45-25-44-38)29-13-17-31(18-14-29)47(41(53)35-22-33(49)24-43-35)37(51)20-27-9-5-2-6-10-27/h1-18,25,32-35,42-43,48-49H,19-24H2,(H,44,45)/t32-,33-,34-,35-/m0/s1. The maximum absolute atomic E-state index is 13.7. The van der Waals surface area contributed by atoms with Crippen LogP contribution in [0.2, 0.25) is 0 Å². The first-order valence-corrected chi connectivity index (χ1v) is 17.6. The summed E-state index contributed by atoms with van der Waals surface area (Å²) in [6.45, 7) is 0.555. The Kier molecular flexibility index (Phi) is 10.6. The largest absolute Gasteiger partial charge is 0.392 e. The number of carbonyl (C=O) groups is 4. The number of rotatable bonds is 10. The first kappa shape index (κ1) is 35.6. The number of aliphatic hydroxyl groups is 2. The first-order chi connectivity index (χ1) is 25.7. The normalized spacial score (nSPS) is 19.5. The summed E-state index contributed by atoms with van der Waals surface area (Å²) in [5.74, 6) is -1.61. The van der Waals surface area contributed by atoms with E-state index in [2.05, 4.69) is 20.6 Å². The van der Waals surface area contributed by atoms with E-state index in [-0.39, 0.29) is 50.6 Å². The minimum atomic E-state index is -0.689. The van der Waals surface area contributed by atoms with Gasteiger partial charge in [-0.3, -0.25) is 19.2 Å². The minimum absolute atomic E-state index is 0.0309. The maximum atomic E-state index is 13.7. The van der Waals surface area contributed by atoms with Gasteiger partial charge in [-0.2, -0.15) is 0 Å². The van der Waals surface area contributed by atoms with E-state index in [1.807, 2.05) is 60.7 Å². The summed E-state index contributed by atoms with van der Waals surface area (Å²) in [6, 6.07) is 31.1. The summed E-state index contributed by atoms with van der Waals surface area (Å²) in [5.41, 5.74) is 5.16. The molecule has 0 bridgehead atoms. The van der Waals surface area contributed by atoms with Crippen LogP contribution in [-0.4, -0.2) is 81.2 Å². The smallest absolute Gasteiger partial charge is 0.250 e. The Morgan fingerprint density at radius 1 is 0.604 bits per heavy atom. The van der Waals surface area contributed by atoms with Crippen LogP contribution in [0.3, 0.4) is 0 Å². The number of imidazole rings is 1. The van der Waals surface area contributed by atoms with Gasteiger partial charge in [-0.25, -0.2) is 14.8 Å². The number of nitrogens with zero attached hydrogens (tertiary/aromatic N) is 3. The molecule has 2 saturated heterocycles. The fraction of sp³-hybridized carbons (Fsp3) is 0.244. The van der Waals surface area contributed by atoms with Crippen LogP contribution < -0.4 is 20.4 Å². The van der Waals surface area contributed by atoms with Crippen molar-refractivity contribution in [3.8, 4) is 22.5 Å². The number of H-pyrrole nitrogens is 1. The minimum Gasteiger partial charge on any atom is -0.392 e. The molecule has 270 valence electrons. The molecule has 4 atom stereocenters. The molecule has 53 heavy (non-hydrogen) atoms. The van der Waals surface area contributed by atoms with E-state index in [1.54, 1.807) is 54.9 Å². The molecule has 0 spiro atoms. The molecule has 2 aliphatic rings. The third-order valence-corrected chi connectivity index (χ3v) is 9.60. The zero-order valence-corrected chi connectivity index (χ0v) is 28.9. The zero-order chi connectivity index (χ0) is 36.9. The molecule has 0 unspecified atom stereocenters. The summed E-state index contributed by atoms with van der Waals surface area (Å²) in [7, 11) is 0. The number of nitrogens with one attached hydrogen (secondary N) is 3. The summed E-state index contributed by atoms with van der Waals surface area (Å²) < 4.78 is 0. The van der Waals surface area contributed by atoms with E-state index in [0.29, 0.717) is 22.8 Å². The highest BCUT2D eigenvalue weighted by atomic mass is 16.3. The molecule has 0 saturated carbocycles. The van der Waals surface area contributed by atoms with Crippen molar-refractivity contribution in [2.45, 2.75) is 50.0 Å². The fourth-order valence-electron chi connectivity index (χ4n) is 6.89. The molecule has 2 aliphatic heterocycles. The lowest BCUT2D eigenvalue weighted by Crippen LogP contribution is -2.47. The lowest BCUT2D eigenvalue weighted by atomic mass is 10.0. The first-order valence-electron chi connectivity index (χ1n) is 17.6. The predicted molar refractivity (Wildman–Crippen MR) is 200 cm³/mol. The second-order valence-corrected chi connectivity index (χ2v) is 13.4. The second-order valence-electron chi connectivity index (χ2n) is 13.4. The van der Waals surface area contributed by atoms with Crippen molar-refractivity contribution < 1.29 is 29.4 Å². The molecule has 4 aromatic carbocycles. The van der Waals surface area contributed by atoms with Gasteiger partial charge in [0.05, 0.1) is 66.2 Å². The molecule has 2 fully saturated rings. The Bertz CT molecular complexity index is 1920. The van der Waals surface area contributed by atoms with E-state index in [1.165, 1.54) is 9.80 Å². The van der Waals surface area contributed by atoms with Gasteiger partial charge in [0.15, 0.2) is 0 Å². The van der Waals surface area contributed by atoms with E-state index >= 15 is 0 Å². The number of imide groups is 2. The van der Waals surface area contributed by atoms with Gasteiger partial charge in [0.2, 0.25) is 11.8 Å². The molecule has 0 radical (unpaired) electrons. The van der Waals surface area contributed by atoms with Crippen LogP contribution in [0.25, 0.3) is 22.5 Å². The van der Waals surface area contributed by atoms with Gasteiger partial charge in [-0.1, -0.05) is 84.9 Å². The summed E-state index contributed by atoms with van der Waals surface area (Å²) in [4.78, 5) is 64.7. The van der Waals surface area contributed by atoms with Gasteiger partial charge in [0.25, 0.3) is 11.8 Å². The number of benzene rings is 4. The molecule has 3 heterocycles. The highest BCUT2D eigenvalue weighted by Crippen LogP contribution is 2.32. The molecule has 12 heteroatoms. The molecule has 1 aromatic heterocycles. The Balaban J connectivity index is 1.13. The maximum Gasteiger partial charge on any atom is 0.250 e. The van der Waals surface area contributed by atoms with E-state index < -0.39 is 36.1 Å². The Morgan fingerprint density at radius 2 is 1.04 bits per heavy atom. The van der Waals surface area contributed by atoms with Crippen molar-refractivity contribution in [1.29, 1.82) is 0 Å². The number of hydrogen-bond donors (Lipinski definition) is 5. The highest BCUT2D eigenvalue weighted by Gasteiger charge is 2.36. The number of anilines is 2. The topological polar surface area (TPSA) is 168 Å². The van der Waals surface area contributed by atoms with Crippen molar-refractivity contribution in [3.05, 3.63) is 127 Å². The molecule has 0 aliphatic carbocycles. The lowest BCUT2D eigenvalue weighted by Gasteiger charge is -2.25. The second kappa shape index (κ2) is 15.8. The van der Waals surface area contributed by atoms with Gasteiger partial charge < -0.3 is 25.8 Å². The number of aromatic nitrogens is 2. The van der Waals surface area contributed by atoms with Crippen LogP contribution in [0.5, 0.6) is 0 Å². The van der Waals surface area contributed by atoms with Crippen LogP contribution in [-0.2, 0) is 32.0 Å². The lowest BCUT2D eigenvalue weighted by molar-refractivity contribution is -0.128. The van der Waals surface area contributed by atoms with Crippen LogP contribution in [0.1, 0.15) is 24.0 Å². The number of β-amino-alcohol motifs (C(OH)–C–C–N with tert-alkyl or cyclic N) is 2. The Hall–Kier alpha value is -5.79. The van der Waals surface area contributed by atoms with Crippen LogP contribution in [0.15, 0.2) is 116 Å². The number of carbonyl (C=O) groups excluding carboxylic acids is 4. The molecule has 7 rings (SSSR count). The third kappa shape index (κ3) is 8.01. The van der Waals surface area contributed by atoms with Crippen molar-refractivity contribution in [3.63, 3.8) is 0 Å². The quantitative estimate of drug-likeness (QED) is 0.146. The van der Waals surface area contributed by atoms with Gasteiger partial charge in [-0.15, -0.1) is 0 Å². The molecular formula is C41H40N6O6. The molecule has 5 aromatic rings. The Labute approximate surface area is 306 Å². The van der Waals surface area contributed by atoms with Crippen molar-refractivity contribution >= 4 is 35.0 Å². The van der Waals surface area contributed by atoms with E-state index in [9.17, 15) is 29.4 Å². The van der Waals surface area contributed by atoms with Crippen molar-refractivity contribution in [2.24, 2.45) is 0 Å². The van der Waals surface area contributed by atoms with Gasteiger partial charge in [-0.05, 0) is 48.2 Å². The van der Waals surface area contributed by atoms with Gasteiger partial charge >= 0.3 is 0 Å². The van der Waals surface area contributed by atoms with Crippen molar-refractivity contribution in [2.75, 3.05) is 22.9 Å². The third-order valence-electron chi connectivity index (χ3n) is 9.60. The SMILES string of the molecule is O=C(Cc1ccccc1)N(C(=O)[C@@H]1C[C@H](O)CN1)c1ccc(-c2nc[nH]c2-c2ccc(N(C(=O)Cc3ccccc3)C(=O)[C@@H]3C[C@H](O)CN3)cc2)cc1. The van der Waals surface area contributed by atoms with E-state index in [4.69, 9.17) is 0 Å². The molecule has 12 nitrogen and oxygen atoms in total.